The summed E-state index contributed by atoms with van der Waals surface area (Å²) in [7, 11) is 10.8. The van der Waals surface area contributed by atoms with Crippen LogP contribution < -0.4 is 16.4 Å². The average molecular weight is 1330 g/mol. The molecule has 0 aromatic heterocycles. The summed E-state index contributed by atoms with van der Waals surface area (Å²) < 4.78 is 0. The number of nitrogens with zero attached hydrogens (tertiary/aromatic N) is 8. The third kappa shape index (κ3) is 19.9. The second-order valence-electron chi connectivity index (χ2n) is 28.1. The summed E-state index contributed by atoms with van der Waals surface area (Å²) in [5.74, 6) is -4.35. The van der Waals surface area contributed by atoms with E-state index in [1.807, 2.05) is 39.8 Å². The SMILES string of the molecule is CCC(CC)[C@@H](C(=O)N(C)[C@@H](CC(=O)N(C)[C@H]1CCCC/C=C/C2CCC(CC2)C[C@@H](C(=O)N(C)CC(=O)NCCCC2CCC(Cl)C(Cl)C2)N2CC/C=C\C[C@@H](C2=O)N(C)C(=O)CN(C2CC2)C(=O)[C@H]([C@@H](C)CC)NC1=O)C(=O)N(C)C)N(C)C(=O)C1(N)CCC1. The molecule has 4 saturated carbocycles. The number of carbonyl (C=O) groups is 10. The van der Waals surface area contributed by atoms with Crippen molar-refractivity contribution in [3.05, 3.63) is 24.3 Å². The van der Waals surface area contributed by atoms with Gasteiger partial charge in [-0.25, -0.2) is 0 Å². The third-order valence-electron chi connectivity index (χ3n) is 21.4. The fourth-order valence-corrected chi connectivity index (χ4v) is 15.0. The van der Waals surface area contributed by atoms with E-state index < -0.39 is 89.6 Å². The van der Waals surface area contributed by atoms with Crippen LogP contribution in [0.1, 0.15) is 188 Å². The number of halogens is 2. The Morgan fingerprint density at radius 1 is 0.761 bits per heavy atom. The maximum absolute atomic E-state index is 15.3. The summed E-state index contributed by atoms with van der Waals surface area (Å²) in [5, 5.41) is 5.99. The molecule has 4 fully saturated rings. The van der Waals surface area contributed by atoms with Crippen molar-refractivity contribution in [2.75, 3.05) is 75.5 Å². The van der Waals surface area contributed by atoms with Crippen molar-refractivity contribution in [1.82, 2.24) is 49.8 Å². The number of amides is 10. The van der Waals surface area contributed by atoms with Gasteiger partial charge in [0.15, 0.2) is 0 Å². The Balaban J connectivity index is 1.25. The number of likely N-dealkylation sites (N-methyl/N-ethyl adjacent to an activating group) is 6. The number of fused-ring (bicyclic) bond motifs is 16. The topological polar surface area (TPSA) is 247 Å². The van der Waals surface area contributed by atoms with E-state index in [0.29, 0.717) is 89.5 Å². The van der Waals surface area contributed by atoms with E-state index in [2.05, 4.69) is 22.8 Å². The first-order chi connectivity index (χ1) is 43.7. The molecular weight excluding hydrogens is 1210 g/mol. The van der Waals surface area contributed by atoms with Crippen LogP contribution in [0.2, 0.25) is 0 Å². The minimum absolute atomic E-state index is 0.0173. The van der Waals surface area contributed by atoms with Crippen LogP contribution in [0.25, 0.3) is 0 Å². The van der Waals surface area contributed by atoms with Crippen LogP contribution in [0.15, 0.2) is 24.3 Å². The fraction of sp³-hybridized carbons (Fsp3) is 0.797. The summed E-state index contributed by atoms with van der Waals surface area (Å²) in [6.07, 6.45) is 23.4. The van der Waals surface area contributed by atoms with Crippen molar-refractivity contribution in [2.45, 2.75) is 247 Å². The molecule has 7 aliphatic rings. The zero-order valence-electron chi connectivity index (χ0n) is 57.4. The van der Waals surface area contributed by atoms with Crippen LogP contribution >= 0.6 is 23.2 Å². The molecule has 3 heterocycles. The van der Waals surface area contributed by atoms with E-state index in [0.717, 1.165) is 64.2 Å². The Labute approximate surface area is 559 Å². The van der Waals surface area contributed by atoms with Crippen LogP contribution in [0.4, 0.5) is 0 Å². The summed E-state index contributed by atoms with van der Waals surface area (Å²) in [6, 6.07) is -6.71. The van der Waals surface area contributed by atoms with Crippen molar-refractivity contribution in [2.24, 2.45) is 35.3 Å². The molecule has 3 aliphatic heterocycles. The van der Waals surface area contributed by atoms with Gasteiger partial charge in [0, 0.05) is 73.8 Å². The molecule has 3 unspecified atom stereocenters. The molecule has 4 bridgehead atoms. The van der Waals surface area contributed by atoms with Crippen LogP contribution in [-0.2, 0) is 47.9 Å². The van der Waals surface area contributed by atoms with Gasteiger partial charge < -0.3 is 55.6 Å². The molecule has 10 amide bonds. The largest absolute Gasteiger partial charge is 0.355 e. The zero-order valence-corrected chi connectivity index (χ0v) is 58.9. The molecule has 10 atom stereocenters. The number of carbonyl (C=O) groups excluding carboxylic acids is 10. The highest BCUT2D eigenvalue weighted by molar-refractivity contribution is 6.30. The predicted molar refractivity (Wildman–Crippen MR) is 359 cm³/mol. The van der Waals surface area contributed by atoms with Gasteiger partial charge >= 0.3 is 0 Å². The monoisotopic (exact) mass is 1330 g/mol. The van der Waals surface area contributed by atoms with Crippen molar-refractivity contribution in [1.29, 1.82) is 0 Å². The normalized spacial score (nSPS) is 28.0. The predicted octanol–water partition coefficient (Wildman–Crippen LogP) is 6.86. The van der Waals surface area contributed by atoms with Crippen LogP contribution in [0, 0.1) is 29.6 Å². The number of rotatable bonds is 21. The van der Waals surface area contributed by atoms with Gasteiger partial charge in [-0.15, -0.1) is 23.2 Å². The van der Waals surface area contributed by atoms with E-state index in [4.69, 9.17) is 28.9 Å². The molecule has 0 aromatic carbocycles. The molecule has 4 aliphatic carbocycles. The summed E-state index contributed by atoms with van der Waals surface area (Å²) in [6.45, 7) is 7.77. The summed E-state index contributed by atoms with van der Waals surface area (Å²) >= 11 is 12.8. The number of allylic oxidation sites excluding steroid dienone is 2. The quantitative estimate of drug-likeness (QED) is 0.0464. The van der Waals surface area contributed by atoms with Crippen molar-refractivity contribution >= 4 is 82.3 Å². The van der Waals surface area contributed by atoms with Crippen LogP contribution in [0.5, 0.6) is 0 Å². The first-order valence-electron chi connectivity index (χ1n) is 34.8. The second kappa shape index (κ2) is 35.5. The Morgan fingerprint density at radius 2 is 1.45 bits per heavy atom. The lowest BCUT2D eigenvalue weighted by atomic mass is 9.76. The maximum Gasteiger partial charge on any atom is 0.246 e. The zero-order chi connectivity index (χ0) is 67.7. The Hall–Kier alpha value is -5.28. The lowest BCUT2D eigenvalue weighted by Gasteiger charge is -2.44. The van der Waals surface area contributed by atoms with Crippen molar-refractivity contribution in [3.63, 3.8) is 0 Å². The second-order valence-corrected chi connectivity index (χ2v) is 29.2. The average Bonchev–Trinajstić information content (AvgIpc) is 1.27. The molecule has 92 heavy (non-hydrogen) atoms. The standard InChI is InChI=1S/C69H113Cl2N11O10/c1-12-45(4)60-66(90)82(50-33-34-50)44-59(85)78(9)54-27-20-17-21-39-81(65(54)89)56(64(88)76(7)43-57(83)73-38-22-25-47-32-35-51(70)52(71)40-47)41-48-30-28-46(29-31-48)24-18-15-16-19-26-53(62(86)74-60)77(8)58(84)42-55(63(87)75(5)6)79(10)67(91)61(49(13-2)14-3)80(11)68(92)69(72)36-23-37-69/h17-18,20,24,45-56,60-61H,12-16,19,21-23,25-44,72H2,1-11H3,(H,73,83)(H,74,86)/b20-17-,24-18+/t45-,46?,47?,48?,51?,52?,53-,54-,55-,56-,60-,61-/m0/s1. The van der Waals surface area contributed by atoms with Crippen molar-refractivity contribution in [3.8, 4) is 0 Å². The van der Waals surface area contributed by atoms with E-state index in [1.165, 1.54) is 48.4 Å². The molecule has 0 saturated heterocycles. The molecule has 23 heteroatoms. The highest BCUT2D eigenvalue weighted by Gasteiger charge is 2.49. The Bertz CT molecular complexity index is 2610. The Kier molecular flexibility index (Phi) is 29.2. The molecule has 7 rings (SSSR count). The van der Waals surface area contributed by atoms with Gasteiger partial charge in [-0.05, 0) is 158 Å². The van der Waals surface area contributed by atoms with Gasteiger partial charge in [0.05, 0.1) is 23.9 Å². The minimum atomic E-state index is -1.31. The Morgan fingerprint density at radius 3 is 2.05 bits per heavy atom. The first kappa shape index (κ1) is 75.7. The summed E-state index contributed by atoms with van der Waals surface area (Å²) in [4.78, 5) is 158. The molecular formula is C69H113Cl2N11O10. The van der Waals surface area contributed by atoms with Crippen molar-refractivity contribution < 1.29 is 47.9 Å². The number of nitrogens with one attached hydrogen (secondary N) is 2. The third-order valence-corrected chi connectivity index (χ3v) is 22.5. The number of alkyl halides is 2. The fourth-order valence-electron chi connectivity index (χ4n) is 14.4. The highest BCUT2D eigenvalue weighted by Crippen LogP contribution is 2.37. The number of hydrogen-bond donors (Lipinski definition) is 3. The highest BCUT2D eigenvalue weighted by atomic mass is 35.5. The number of nitrogens with two attached hydrogens (primary N) is 1. The number of hydrogen-bond acceptors (Lipinski definition) is 11. The van der Waals surface area contributed by atoms with E-state index in [9.17, 15) is 33.6 Å². The van der Waals surface area contributed by atoms with Crippen LogP contribution in [0.3, 0.4) is 0 Å². The molecule has 0 spiro atoms. The smallest absolute Gasteiger partial charge is 0.246 e. The molecule has 21 nitrogen and oxygen atoms in total. The minimum Gasteiger partial charge on any atom is -0.355 e. The maximum atomic E-state index is 15.3. The summed E-state index contributed by atoms with van der Waals surface area (Å²) in [5.41, 5.74) is 5.45. The van der Waals surface area contributed by atoms with Gasteiger partial charge in [-0.1, -0.05) is 77.7 Å². The van der Waals surface area contributed by atoms with E-state index in [1.54, 1.807) is 40.1 Å². The lowest BCUT2D eigenvalue weighted by Crippen LogP contribution is -2.64. The molecule has 518 valence electrons. The van der Waals surface area contributed by atoms with Gasteiger partial charge in [0.25, 0.3) is 0 Å². The first-order valence-corrected chi connectivity index (χ1v) is 35.6. The van der Waals surface area contributed by atoms with Gasteiger partial charge in [0.1, 0.15) is 42.8 Å². The molecule has 0 radical (unpaired) electrons. The van der Waals surface area contributed by atoms with Gasteiger partial charge in [0.2, 0.25) is 59.1 Å². The van der Waals surface area contributed by atoms with E-state index in [-0.39, 0.29) is 90.7 Å². The lowest BCUT2D eigenvalue weighted by molar-refractivity contribution is -0.156. The van der Waals surface area contributed by atoms with Crippen LogP contribution in [-0.4, -0.2) is 232 Å². The van der Waals surface area contributed by atoms with Gasteiger partial charge in [-0.2, -0.15) is 0 Å². The molecule has 4 N–H and O–H groups in total. The molecule has 0 aromatic rings. The van der Waals surface area contributed by atoms with E-state index >= 15 is 14.4 Å². The van der Waals surface area contributed by atoms with Gasteiger partial charge in [-0.3, -0.25) is 47.9 Å².